The lowest BCUT2D eigenvalue weighted by atomic mass is 9.90. The minimum atomic E-state index is 0.0486. The van der Waals surface area contributed by atoms with Crippen LogP contribution in [-0.4, -0.2) is 12.1 Å². The quantitative estimate of drug-likeness (QED) is 0.495. The molecule has 62 valence electrons. The van der Waals surface area contributed by atoms with Gasteiger partial charge in [0.15, 0.2) is 0 Å². The highest BCUT2D eigenvalue weighted by Crippen LogP contribution is 2.44. The fourth-order valence-electron chi connectivity index (χ4n) is 2.52. The second-order valence-electron chi connectivity index (χ2n) is 3.89. The first-order chi connectivity index (χ1) is 5.20. The van der Waals surface area contributed by atoms with Gasteiger partial charge in [0, 0.05) is 5.92 Å². The van der Waals surface area contributed by atoms with E-state index in [4.69, 9.17) is 4.74 Å². The van der Waals surface area contributed by atoms with Gasteiger partial charge in [0.05, 0.1) is 5.92 Å². The molecule has 2 heteroatoms. The van der Waals surface area contributed by atoms with E-state index >= 15 is 0 Å². The van der Waals surface area contributed by atoms with E-state index in [-0.39, 0.29) is 18.0 Å². The lowest BCUT2D eigenvalue weighted by Gasteiger charge is -2.08. The van der Waals surface area contributed by atoms with Gasteiger partial charge in [-0.05, 0) is 25.7 Å². The second kappa shape index (κ2) is 2.23. The van der Waals surface area contributed by atoms with Crippen LogP contribution in [0.2, 0.25) is 0 Å². The minimum absolute atomic E-state index is 0.0486. The van der Waals surface area contributed by atoms with Gasteiger partial charge in [0.25, 0.3) is 0 Å². The normalized spacial score (nSPS) is 49.1. The Balaban J connectivity index is 2.22. The van der Waals surface area contributed by atoms with E-state index in [9.17, 15) is 4.79 Å². The Labute approximate surface area is 66.9 Å². The van der Waals surface area contributed by atoms with Crippen molar-refractivity contribution in [2.45, 2.75) is 32.8 Å². The first-order valence-electron chi connectivity index (χ1n) is 4.40. The van der Waals surface area contributed by atoms with Gasteiger partial charge >= 0.3 is 5.97 Å². The molecule has 4 atom stereocenters. The predicted octanol–water partition coefficient (Wildman–Crippen LogP) is 1.59. The third-order valence-corrected chi connectivity index (χ3v) is 3.21. The molecule has 0 amide bonds. The van der Waals surface area contributed by atoms with E-state index in [2.05, 4.69) is 6.92 Å². The zero-order valence-corrected chi connectivity index (χ0v) is 7.04. The molecule has 0 aromatic carbocycles. The topological polar surface area (TPSA) is 26.3 Å². The highest BCUT2D eigenvalue weighted by Gasteiger charge is 2.48. The van der Waals surface area contributed by atoms with Crippen molar-refractivity contribution in [3.63, 3.8) is 0 Å². The SMILES string of the molecule is C[C@@H]1OC(=O)[C@H]2[C@@H]1CC[C@@H]2C. The molecule has 2 nitrogen and oxygen atoms in total. The molecule has 1 saturated heterocycles. The van der Waals surface area contributed by atoms with Crippen molar-refractivity contribution in [1.29, 1.82) is 0 Å². The summed E-state index contributed by atoms with van der Waals surface area (Å²) in [4.78, 5) is 11.3. The van der Waals surface area contributed by atoms with Crippen LogP contribution in [0, 0.1) is 17.8 Å². The van der Waals surface area contributed by atoms with E-state index in [1.54, 1.807) is 0 Å². The van der Waals surface area contributed by atoms with Crippen LogP contribution >= 0.6 is 0 Å². The summed E-state index contributed by atoms with van der Waals surface area (Å²) in [7, 11) is 0. The van der Waals surface area contributed by atoms with E-state index in [1.165, 1.54) is 12.8 Å². The maximum Gasteiger partial charge on any atom is 0.309 e. The first kappa shape index (κ1) is 7.14. The summed E-state index contributed by atoms with van der Waals surface area (Å²) < 4.78 is 5.16. The third-order valence-electron chi connectivity index (χ3n) is 3.21. The van der Waals surface area contributed by atoms with Gasteiger partial charge in [-0.15, -0.1) is 0 Å². The van der Waals surface area contributed by atoms with Crippen LogP contribution < -0.4 is 0 Å². The van der Waals surface area contributed by atoms with Gasteiger partial charge in [-0.2, -0.15) is 0 Å². The second-order valence-corrected chi connectivity index (χ2v) is 3.89. The van der Waals surface area contributed by atoms with Crippen LogP contribution in [-0.2, 0) is 9.53 Å². The zero-order valence-electron chi connectivity index (χ0n) is 7.04. The molecule has 1 saturated carbocycles. The number of ether oxygens (including phenoxy) is 1. The number of hydrogen-bond donors (Lipinski definition) is 0. The number of esters is 1. The summed E-state index contributed by atoms with van der Waals surface area (Å²) in [5.41, 5.74) is 0. The molecule has 2 rings (SSSR count). The summed E-state index contributed by atoms with van der Waals surface area (Å²) in [5.74, 6) is 1.35. The molecule has 0 aromatic heterocycles. The van der Waals surface area contributed by atoms with Crippen molar-refractivity contribution in [3.05, 3.63) is 0 Å². The summed E-state index contributed by atoms with van der Waals surface area (Å²) in [6.45, 7) is 4.17. The van der Waals surface area contributed by atoms with Crippen LogP contribution in [0.15, 0.2) is 0 Å². The maximum atomic E-state index is 11.3. The molecule has 0 N–H and O–H groups in total. The van der Waals surface area contributed by atoms with Gasteiger partial charge in [0.2, 0.25) is 0 Å². The summed E-state index contributed by atoms with van der Waals surface area (Å²) in [6.07, 6.45) is 2.56. The average Bonchev–Trinajstić information content (AvgIpc) is 2.41. The molecule has 1 aliphatic heterocycles. The molecule has 0 aromatic rings. The molecule has 0 bridgehead atoms. The van der Waals surface area contributed by atoms with Crippen LogP contribution in [0.5, 0.6) is 0 Å². The monoisotopic (exact) mass is 154 g/mol. The van der Waals surface area contributed by atoms with Crippen molar-refractivity contribution in [1.82, 2.24) is 0 Å². The molecular weight excluding hydrogens is 140 g/mol. The predicted molar refractivity (Wildman–Crippen MR) is 40.9 cm³/mol. The average molecular weight is 154 g/mol. The number of rotatable bonds is 0. The lowest BCUT2D eigenvalue weighted by Crippen LogP contribution is -2.16. The van der Waals surface area contributed by atoms with Crippen molar-refractivity contribution >= 4 is 5.97 Å². The molecule has 11 heavy (non-hydrogen) atoms. The molecule has 0 spiro atoms. The Kier molecular flexibility index (Phi) is 1.44. The van der Waals surface area contributed by atoms with Gasteiger partial charge < -0.3 is 4.74 Å². The van der Waals surface area contributed by atoms with Gasteiger partial charge in [-0.25, -0.2) is 0 Å². The van der Waals surface area contributed by atoms with E-state index in [0.29, 0.717) is 11.8 Å². The van der Waals surface area contributed by atoms with Gasteiger partial charge in [-0.3, -0.25) is 4.79 Å². The largest absolute Gasteiger partial charge is 0.462 e. The van der Waals surface area contributed by atoms with Crippen molar-refractivity contribution < 1.29 is 9.53 Å². The molecule has 1 heterocycles. The molecule has 0 radical (unpaired) electrons. The van der Waals surface area contributed by atoms with Crippen LogP contribution in [0.25, 0.3) is 0 Å². The lowest BCUT2D eigenvalue weighted by molar-refractivity contribution is -0.144. The number of fused-ring (bicyclic) bond motifs is 1. The van der Waals surface area contributed by atoms with E-state index in [1.807, 2.05) is 6.92 Å². The molecule has 0 unspecified atom stereocenters. The minimum Gasteiger partial charge on any atom is -0.462 e. The highest BCUT2D eigenvalue weighted by atomic mass is 16.6. The number of hydrogen-bond acceptors (Lipinski definition) is 2. The Hall–Kier alpha value is -0.530. The number of cyclic esters (lactones) is 1. The zero-order chi connectivity index (χ0) is 8.01. The summed E-state index contributed by atoms with van der Waals surface area (Å²) in [5, 5.41) is 0. The maximum absolute atomic E-state index is 11.3. The van der Waals surface area contributed by atoms with Gasteiger partial charge in [-0.1, -0.05) is 6.92 Å². The smallest absolute Gasteiger partial charge is 0.309 e. The summed E-state index contributed by atoms with van der Waals surface area (Å²) in [6, 6.07) is 0. The van der Waals surface area contributed by atoms with Gasteiger partial charge in [0.1, 0.15) is 6.10 Å². The van der Waals surface area contributed by atoms with Crippen molar-refractivity contribution in [2.24, 2.45) is 17.8 Å². The number of carbonyl (C=O) groups is 1. The van der Waals surface area contributed by atoms with E-state index in [0.717, 1.165) is 0 Å². The van der Waals surface area contributed by atoms with Crippen molar-refractivity contribution in [2.75, 3.05) is 0 Å². The Morgan fingerprint density at radius 1 is 1.36 bits per heavy atom. The van der Waals surface area contributed by atoms with E-state index < -0.39 is 0 Å². The first-order valence-corrected chi connectivity index (χ1v) is 4.40. The third kappa shape index (κ3) is 0.883. The van der Waals surface area contributed by atoms with Crippen LogP contribution in [0.1, 0.15) is 26.7 Å². The molecular formula is C9H14O2. The molecule has 1 aliphatic carbocycles. The fourth-order valence-corrected chi connectivity index (χ4v) is 2.52. The Bertz CT molecular complexity index is 188. The van der Waals surface area contributed by atoms with Crippen LogP contribution in [0.4, 0.5) is 0 Å². The molecule has 2 aliphatic rings. The Morgan fingerprint density at radius 2 is 2.09 bits per heavy atom. The fraction of sp³-hybridized carbons (Fsp3) is 0.889. The molecule has 2 fully saturated rings. The Morgan fingerprint density at radius 3 is 2.73 bits per heavy atom. The number of carbonyl (C=O) groups excluding carboxylic acids is 1. The standard InChI is InChI=1S/C9H14O2/c1-5-3-4-7-6(2)11-9(10)8(5)7/h5-8H,3-4H2,1-2H3/t5-,6-,7+,8+/m0/s1. The highest BCUT2D eigenvalue weighted by molar-refractivity contribution is 5.76. The summed E-state index contributed by atoms with van der Waals surface area (Å²) >= 11 is 0. The van der Waals surface area contributed by atoms with Crippen LogP contribution in [0.3, 0.4) is 0 Å². The van der Waals surface area contributed by atoms with Crippen molar-refractivity contribution in [3.8, 4) is 0 Å².